The van der Waals surface area contributed by atoms with E-state index in [1.165, 1.54) is 24.2 Å². The van der Waals surface area contributed by atoms with Crippen LogP contribution in [0.2, 0.25) is 0 Å². The fourth-order valence-electron chi connectivity index (χ4n) is 4.31. The molecule has 3 rings (SSSR count). The maximum absolute atomic E-state index is 13.2. The molecule has 1 aromatic rings. The van der Waals surface area contributed by atoms with Crippen LogP contribution in [-0.2, 0) is 14.4 Å². The van der Waals surface area contributed by atoms with Crippen molar-refractivity contribution < 1.29 is 19.2 Å². The Morgan fingerprint density at radius 2 is 2.00 bits per heavy atom. The van der Waals surface area contributed by atoms with E-state index >= 15 is 0 Å². The van der Waals surface area contributed by atoms with E-state index in [9.17, 15) is 19.2 Å². The minimum Gasteiger partial charge on any atom is -0.358 e. The quantitative estimate of drug-likeness (QED) is 0.510. The monoisotopic (exact) mass is 405 g/mol. The molecule has 8 heteroatoms. The van der Waals surface area contributed by atoms with E-state index in [4.69, 9.17) is 0 Å². The largest absolute Gasteiger partial charge is 0.358 e. The highest BCUT2D eigenvalue weighted by Crippen LogP contribution is 2.32. The summed E-state index contributed by atoms with van der Waals surface area (Å²) in [6.07, 6.45) is 7.23. The van der Waals surface area contributed by atoms with E-state index in [1.54, 1.807) is 22.4 Å². The molecule has 28 heavy (non-hydrogen) atoms. The van der Waals surface area contributed by atoms with Crippen molar-refractivity contribution in [2.75, 3.05) is 13.1 Å². The average molecular weight is 406 g/mol. The normalized spacial score (nSPS) is 20.7. The summed E-state index contributed by atoms with van der Waals surface area (Å²) in [6, 6.07) is 2.79. The topological polar surface area (TPSA) is 95.6 Å². The molecule has 2 atom stereocenters. The number of hydrogen-bond acceptors (Lipinski definition) is 5. The molecule has 1 aliphatic carbocycles. The first-order chi connectivity index (χ1) is 13.6. The maximum Gasteiger partial charge on any atom is 0.267 e. The summed E-state index contributed by atoms with van der Waals surface area (Å²) in [7, 11) is 0. The summed E-state index contributed by atoms with van der Waals surface area (Å²) in [5.74, 6) is -0.772. The van der Waals surface area contributed by atoms with Gasteiger partial charge in [-0.05, 0) is 36.6 Å². The van der Waals surface area contributed by atoms with Gasteiger partial charge < -0.3 is 10.2 Å². The van der Waals surface area contributed by atoms with Crippen molar-refractivity contribution in [3.05, 3.63) is 22.4 Å². The van der Waals surface area contributed by atoms with E-state index in [1.807, 2.05) is 0 Å². The number of likely N-dealkylation sites (tertiary alicyclic amines) is 1. The standard InChI is InChI=1S/C20H27N3O4S/c24-13-21-12-15(11-14-5-1-2-6-14)20(27)23-9-3-7-16(23)18(25)22-19(26)17-8-4-10-28-17/h4,8,10,13-16H,1-3,5-7,9,11-12H2,(H,21,24)(H,22,25,26). The minimum absolute atomic E-state index is 0.0949. The Morgan fingerprint density at radius 3 is 2.68 bits per heavy atom. The van der Waals surface area contributed by atoms with Crippen LogP contribution in [0.25, 0.3) is 0 Å². The summed E-state index contributed by atoms with van der Waals surface area (Å²) >= 11 is 1.27. The second-order valence-corrected chi connectivity index (χ2v) is 8.54. The van der Waals surface area contributed by atoms with E-state index in [0.717, 1.165) is 25.7 Å². The minimum atomic E-state index is -0.626. The highest BCUT2D eigenvalue weighted by Gasteiger charge is 2.38. The molecule has 0 bridgehead atoms. The zero-order chi connectivity index (χ0) is 19.9. The Bertz CT molecular complexity index is 700. The van der Waals surface area contributed by atoms with Gasteiger partial charge in [-0.2, -0.15) is 0 Å². The number of nitrogens with one attached hydrogen (secondary N) is 2. The van der Waals surface area contributed by atoms with Crippen molar-refractivity contribution in [3.63, 3.8) is 0 Å². The number of hydrogen-bond donors (Lipinski definition) is 2. The molecule has 0 spiro atoms. The molecule has 1 aliphatic heterocycles. The average Bonchev–Trinajstić information content (AvgIpc) is 3.46. The van der Waals surface area contributed by atoms with Crippen LogP contribution in [0.1, 0.15) is 54.6 Å². The van der Waals surface area contributed by atoms with Crippen molar-refractivity contribution in [1.82, 2.24) is 15.5 Å². The van der Waals surface area contributed by atoms with Crippen molar-refractivity contribution in [1.29, 1.82) is 0 Å². The van der Waals surface area contributed by atoms with Crippen LogP contribution in [-0.4, -0.2) is 48.2 Å². The third kappa shape index (κ3) is 4.98. The van der Waals surface area contributed by atoms with Gasteiger partial charge in [0.05, 0.1) is 10.8 Å². The molecule has 2 fully saturated rings. The van der Waals surface area contributed by atoms with E-state index in [2.05, 4.69) is 10.6 Å². The second-order valence-electron chi connectivity index (χ2n) is 7.59. The molecular formula is C20H27N3O4S. The van der Waals surface area contributed by atoms with Gasteiger partial charge >= 0.3 is 0 Å². The molecule has 2 N–H and O–H groups in total. The number of amides is 4. The number of nitrogens with zero attached hydrogens (tertiary/aromatic N) is 1. The Morgan fingerprint density at radius 1 is 1.21 bits per heavy atom. The molecule has 0 aromatic carbocycles. The third-order valence-corrected chi connectivity index (χ3v) is 6.58. The molecule has 1 saturated carbocycles. The van der Waals surface area contributed by atoms with E-state index in [-0.39, 0.29) is 18.4 Å². The lowest BCUT2D eigenvalue weighted by Crippen LogP contribution is -2.50. The van der Waals surface area contributed by atoms with E-state index in [0.29, 0.717) is 30.2 Å². The van der Waals surface area contributed by atoms with Crippen molar-refractivity contribution in [2.45, 2.75) is 51.0 Å². The smallest absolute Gasteiger partial charge is 0.267 e. The van der Waals surface area contributed by atoms with Gasteiger partial charge in [0.1, 0.15) is 6.04 Å². The lowest BCUT2D eigenvalue weighted by Gasteiger charge is -2.29. The maximum atomic E-state index is 13.2. The summed E-state index contributed by atoms with van der Waals surface area (Å²) in [5, 5.41) is 6.85. The lowest BCUT2D eigenvalue weighted by molar-refractivity contribution is -0.141. The highest BCUT2D eigenvalue weighted by molar-refractivity contribution is 7.12. The van der Waals surface area contributed by atoms with Gasteiger partial charge in [-0.25, -0.2) is 0 Å². The Labute approximate surface area is 168 Å². The lowest BCUT2D eigenvalue weighted by atomic mass is 9.91. The Kier molecular flexibility index (Phi) is 7.19. The fourth-order valence-corrected chi connectivity index (χ4v) is 4.93. The van der Waals surface area contributed by atoms with Crippen molar-refractivity contribution in [2.24, 2.45) is 11.8 Å². The number of carbonyl (C=O) groups is 4. The molecule has 2 heterocycles. The van der Waals surface area contributed by atoms with Crippen LogP contribution < -0.4 is 10.6 Å². The zero-order valence-electron chi connectivity index (χ0n) is 15.9. The first kappa shape index (κ1) is 20.5. The third-order valence-electron chi connectivity index (χ3n) is 5.71. The Hall–Kier alpha value is -2.22. The molecule has 2 aliphatic rings. The molecule has 1 aromatic heterocycles. The molecule has 1 saturated heterocycles. The predicted molar refractivity (Wildman–Crippen MR) is 106 cm³/mol. The summed E-state index contributed by atoms with van der Waals surface area (Å²) in [6.45, 7) is 0.796. The van der Waals surface area contributed by atoms with Crippen LogP contribution in [0.5, 0.6) is 0 Å². The zero-order valence-corrected chi connectivity index (χ0v) is 16.7. The Balaban J connectivity index is 1.64. The number of thiophene rings is 1. The fraction of sp³-hybridized carbons (Fsp3) is 0.600. The van der Waals surface area contributed by atoms with Gasteiger partial charge in [-0.1, -0.05) is 31.7 Å². The van der Waals surface area contributed by atoms with Crippen LogP contribution in [0, 0.1) is 11.8 Å². The van der Waals surface area contributed by atoms with Crippen LogP contribution >= 0.6 is 11.3 Å². The molecule has 7 nitrogen and oxygen atoms in total. The van der Waals surface area contributed by atoms with E-state index < -0.39 is 17.9 Å². The summed E-state index contributed by atoms with van der Waals surface area (Å²) in [5.41, 5.74) is 0. The number of rotatable bonds is 8. The van der Waals surface area contributed by atoms with Crippen molar-refractivity contribution in [3.8, 4) is 0 Å². The van der Waals surface area contributed by atoms with Gasteiger partial charge in [0.2, 0.25) is 18.2 Å². The summed E-state index contributed by atoms with van der Waals surface area (Å²) in [4.78, 5) is 50.8. The van der Waals surface area contributed by atoms with Gasteiger partial charge in [0.25, 0.3) is 5.91 Å². The van der Waals surface area contributed by atoms with Gasteiger partial charge in [0, 0.05) is 13.1 Å². The SMILES string of the molecule is O=CNCC(CC1CCCC1)C(=O)N1CCCC1C(=O)NC(=O)c1cccs1. The number of imide groups is 1. The molecular weight excluding hydrogens is 378 g/mol. The second kappa shape index (κ2) is 9.82. The van der Waals surface area contributed by atoms with Crippen LogP contribution in [0.15, 0.2) is 17.5 Å². The highest BCUT2D eigenvalue weighted by atomic mass is 32.1. The van der Waals surface area contributed by atoms with Crippen molar-refractivity contribution >= 4 is 35.5 Å². The molecule has 4 amide bonds. The van der Waals surface area contributed by atoms with Gasteiger partial charge in [-0.15, -0.1) is 11.3 Å². The van der Waals surface area contributed by atoms with Crippen LogP contribution in [0.4, 0.5) is 0 Å². The number of carbonyl (C=O) groups excluding carboxylic acids is 4. The van der Waals surface area contributed by atoms with Gasteiger partial charge in [0.15, 0.2) is 0 Å². The van der Waals surface area contributed by atoms with Crippen LogP contribution in [0.3, 0.4) is 0 Å². The first-order valence-electron chi connectivity index (χ1n) is 9.96. The molecule has 0 radical (unpaired) electrons. The molecule has 152 valence electrons. The predicted octanol–water partition coefficient (Wildman–Crippen LogP) is 1.94. The van der Waals surface area contributed by atoms with Gasteiger partial charge in [-0.3, -0.25) is 24.5 Å². The molecule has 2 unspecified atom stereocenters. The first-order valence-corrected chi connectivity index (χ1v) is 10.8. The summed E-state index contributed by atoms with van der Waals surface area (Å²) < 4.78 is 0.